The van der Waals surface area contributed by atoms with Crippen molar-refractivity contribution in [1.29, 1.82) is 0 Å². The van der Waals surface area contributed by atoms with Crippen molar-refractivity contribution in [3.05, 3.63) is 33.6 Å². The van der Waals surface area contributed by atoms with Crippen LogP contribution in [-0.4, -0.2) is 17.0 Å². The molecular weight excluding hydrogens is 332 g/mol. The lowest BCUT2D eigenvalue weighted by Gasteiger charge is -2.19. The Hall–Kier alpha value is -1.33. The Kier molecular flexibility index (Phi) is 5.29. The van der Waals surface area contributed by atoms with Gasteiger partial charge in [0.05, 0.1) is 17.0 Å². The van der Waals surface area contributed by atoms with Crippen molar-refractivity contribution in [3.8, 4) is 0 Å². The summed E-state index contributed by atoms with van der Waals surface area (Å²) in [5, 5.41) is 11.9. The van der Waals surface area contributed by atoms with Gasteiger partial charge in [0.15, 0.2) is 0 Å². The summed E-state index contributed by atoms with van der Waals surface area (Å²) in [5.74, 6) is -2.57. The van der Waals surface area contributed by atoms with Gasteiger partial charge in [0.25, 0.3) is 0 Å². The molecule has 1 aliphatic carbocycles. The van der Waals surface area contributed by atoms with E-state index in [2.05, 4.69) is 5.32 Å². The number of carbonyl (C=O) groups excluding carboxylic acids is 1. The molecule has 2 N–H and O–H groups in total. The number of benzene rings is 1. The minimum absolute atomic E-state index is 0.116. The normalized spacial score (nSPS) is 22.4. The van der Waals surface area contributed by atoms with Crippen molar-refractivity contribution in [2.75, 3.05) is 0 Å². The Balaban J connectivity index is 2.07. The SMILES string of the molecule is CC(NC(=O)[C@@H]1CC[C@H](C(=O)O)C1)c1c(Cl)ccc(F)c1Cl. The average Bonchev–Trinajstić information content (AvgIpc) is 2.93. The van der Waals surface area contributed by atoms with E-state index in [1.165, 1.54) is 6.07 Å². The third-order valence-electron chi connectivity index (χ3n) is 4.02. The van der Waals surface area contributed by atoms with Crippen LogP contribution in [0.5, 0.6) is 0 Å². The number of halogens is 3. The Morgan fingerprint density at radius 1 is 1.32 bits per heavy atom. The lowest BCUT2D eigenvalue weighted by Crippen LogP contribution is -2.32. The van der Waals surface area contributed by atoms with E-state index in [-0.39, 0.29) is 21.9 Å². The first-order chi connectivity index (χ1) is 10.3. The zero-order valence-electron chi connectivity index (χ0n) is 11.9. The Morgan fingerprint density at radius 2 is 1.95 bits per heavy atom. The number of carboxylic acids is 1. The number of hydrogen-bond donors (Lipinski definition) is 2. The second kappa shape index (κ2) is 6.84. The van der Waals surface area contributed by atoms with Crippen molar-refractivity contribution in [2.24, 2.45) is 11.8 Å². The van der Waals surface area contributed by atoms with Gasteiger partial charge in [-0.15, -0.1) is 0 Å². The third-order valence-corrected chi connectivity index (χ3v) is 4.74. The van der Waals surface area contributed by atoms with E-state index >= 15 is 0 Å². The molecule has 7 heteroatoms. The second-order valence-corrected chi connectivity index (χ2v) is 6.32. The van der Waals surface area contributed by atoms with E-state index in [1.807, 2.05) is 0 Å². The highest BCUT2D eigenvalue weighted by molar-refractivity contribution is 6.36. The molecule has 0 bridgehead atoms. The summed E-state index contributed by atoms with van der Waals surface area (Å²) in [4.78, 5) is 23.2. The number of nitrogens with one attached hydrogen (secondary N) is 1. The van der Waals surface area contributed by atoms with Gasteiger partial charge >= 0.3 is 5.97 Å². The molecule has 1 aromatic carbocycles. The number of rotatable bonds is 4. The lowest BCUT2D eigenvalue weighted by molar-refractivity contribution is -0.141. The molecule has 3 atom stereocenters. The predicted octanol–water partition coefficient (Wildman–Crippen LogP) is 3.81. The number of hydrogen-bond acceptors (Lipinski definition) is 2. The van der Waals surface area contributed by atoms with Gasteiger partial charge in [0.1, 0.15) is 5.82 Å². The summed E-state index contributed by atoms with van der Waals surface area (Å²) in [6.07, 6.45) is 1.34. The van der Waals surface area contributed by atoms with Crippen molar-refractivity contribution in [1.82, 2.24) is 5.32 Å². The Bertz CT molecular complexity index is 609. The monoisotopic (exact) mass is 347 g/mol. The fraction of sp³-hybridized carbons (Fsp3) is 0.467. The van der Waals surface area contributed by atoms with Crippen molar-refractivity contribution in [3.63, 3.8) is 0 Å². The molecule has 1 amide bonds. The first-order valence-electron chi connectivity index (χ1n) is 6.97. The molecule has 0 aromatic heterocycles. The first kappa shape index (κ1) is 17.0. The van der Waals surface area contributed by atoms with Crippen LogP contribution < -0.4 is 5.32 Å². The standard InChI is InChI=1S/C15H16Cl2FNO3/c1-7(12-10(16)4-5-11(18)13(12)17)19-14(20)8-2-3-9(6-8)15(21)22/h4-5,7-9H,2-3,6H2,1H3,(H,19,20)(H,21,22)/t7?,8-,9+/m1/s1. The Morgan fingerprint density at radius 3 is 2.55 bits per heavy atom. The maximum Gasteiger partial charge on any atom is 0.306 e. The second-order valence-electron chi connectivity index (χ2n) is 5.53. The fourth-order valence-electron chi connectivity index (χ4n) is 2.79. The number of aliphatic carboxylic acids is 1. The number of amides is 1. The molecule has 0 heterocycles. The van der Waals surface area contributed by atoms with Crippen LogP contribution in [0, 0.1) is 17.7 Å². The summed E-state index contributed by atoms with van der Waals surface area (Å²) in [6, 6.07) is 1.99. The first-order valence-corrected chi connectivity index (χ1v) is 7.73. The van der Waals surface area contributed by atoms with Crippen LogP contribution in [0.2, 0.25) is 10.0 Å². The fourth-order valence-corrected chi connectivity index (χ4v) is 3.48. The van der Waals surface area contributed by atoms with E-state index < -0.39 is 23.7 Å². The van der Waals surface area contributed by atoms with Crippen molar-refractivity contribution < 1.29 is 19.1 Å². The van der Waals surface area contributed by atoms with Gasteiger partial charge in [-0.2, -0.15) is 0 Å². The number of carbonyl (C=O) groups is 2. The molecule has 1 fully saturated rings. The lowest BCUT2D eigenvalue weighted by atomic mass is 10.0. The molecular formula is C15H16Cl2FNO3. The van der Waals surface area contributed by atoms with Gasteiger partial charge in [-0.1, -0.05) is 23.2 Å². The molecule has 4 nitrogen and oxygen atoms in total. The topological polar surface area (TPSA) is 66.4 Å². The predicted molar refractivity (Wildman–Crippen MR) is 81.4 cm³/mol. The van der Waals surface area contributed by atoms with Gasteiger partial charge in [-0.25, -0.2) is 4.39 Å². The van der Waals surface area contributed by atoms with Crippen LogP contribution in [0.3, 0.4) is 0 Å². The third kappa shape index (κ3) is 3.52. The highest BCUT2D eigenvalue weighted by Crippen LogP contribution is 2.34. The highest BCUT2D eigenvalue weighted by atomic mass is 35.5. The van der Waals surface area contributed by atoms with E-state index in [0.717, 1.165) is 6.07 Å². The molecule has 0 aliphatic heterocycles. The molecule has 2 rings (SSSR count). The molecule has 1 aliphatic rings. The quantitative estimate of drug-likeness (QED) is 0.813. The summed E-state index contributed by atoms with van der Waals surface area (Å²) >= 11 is 11.9. The molecule has 22 heavy (non-hydrogen) atoms. The average molecular weight is 348 g/mol. The zero-order chi connectivity index (χ0) is 16.4. The Labute approximate surface area is 137 Å². The van der Waals surface area contributed by atoms with Crippen LogP contribution in [0.15, 0.2) is 12.1 Å². The van der Waals surface area contributed by atoms with E-state index in [0.29, 0.717) is 24.8 Å². The van der Waals surface area contributed by atoms with E-state index in [4.69, 9.17) is 28.3 Å². The van der Waals surface area contributed by atoms with Crippen LogP contribution in [0.4, 0.5) is 4.39 Å². The maximum absolute atomic E-state index is 13.5. The zero-order valence-corrected chi connectivity index (χ0v) is 13.4. The van der Waals surface area contributed by atoms with Crippen LogP contribution in [0.1, 0.15) is 37.8 Å². The van der Waals surface area contributed by atoms with Crippen LogP contribution in [0.25, 0.3) is 0 Å². The van der Waals surface area contributed by atoms with Crippen LogP contribution >= 0.6 is 23.2 Å². The molecule has 1 aromatic rings. The van der Waals surface area contributed by atoms with Gasteiger partial charge in [-0.05, 0) is 38.3 Å². The summed E-state index contributed by atoms with van der Waals surface area (Å²) in [7, 11) is 0. The van der Waals surface area contributed by atoms with Crippen molar-refractivity contribution in [2.45, 2.75) is 32.2 Å². The molecule has 0 saturated heterocycles. The molecule has 0 spiro atoms. The summed E-state index contributed by atoms with van der Waals surface area (Å²) in [5.41, 5.74) is 0.324. The van der Waals surface area contributed by atoms with Gasteiger partial charge in [0, 0.05) is 16.5 Å². The van der Waals surface area contributed by atoms with E-state index in [1.54, 1.807) is 6.92 Å². The minimum Gasteiger partial charge on any atom is -0.481 e. The summed E-state index contributed by atoms with van der Waals surface area (Å²) in [6.45, 7) is 1.66. The highest BCUT2D eigenvalue weighted by Gasteiger charge is 2.34. The molecule has 1 unspecified atom stereocenters. The maximum atomic E-state index is 13.5. The number of carboxylic acid groups (broad SMARTS) is 1. The summed E-state index contributed by atoms with van der Waals surface area (Å²) < 4.78 is 13.5. The smallest absolute Gasteiger partial charge is 0.306 e. The largest absolute Gasteiger partial charge is 0.481 e. The van der Waals surface area contributed by atoms with E-state index in [9.17, 15) is 14.0 Å². The van der Waals surface area contributed by atoms with Crippen molar-refractivity contribution >= 4 is 35.1 Å². The van der Waals surface area contributed by atoms with Gasteiger partial charge < -0.3 is 10.4 Å². The molecule has 120 valence electrons. The van der Waals surface area contributed by atoms with Gasteiger partial charge in [-0.3, -0.25) is 9.59 Å². The molecule has 1 saturated carbocycles. The van der Waals surface area contributed by atoms with Gasteiger partial charge in [0.2, 0.25) is 5.91 Å². The minimum atomic E-state index is -0.875. The molecule has 0 radical (unpaired) electrons. The van der Waals surface area contributed by atoms with Crippen LogP contribution in [-0.2, 0) is 9.59 Å².